The standard InChI is InChI=1S/C25H33Si3.CH4O.Cd/c1-26(2,22-16-10-7-11-17-22)25(27(3,4)23-18-12-8-13-19-23)28(5,6)24-20-14-9-15-21-24;1-2;/h7-21H,1-6H3;2H,1H3;/q-1;;. The van der Waals surface area contributed by atoms with Gasteiger partial charge in [-0.2, -0.15) is 0 Å². The molecule has 0 aliphatic rings. The molecule has 0 atom stereocenters. The van der Waals surface area contributed by atoms with Crippen LogP contribution in [0.1, 0.15) is 0 Å². The number of aliphatic hydroxyl groups is 1. The molecule has 0 unspecified atom stereocenters. The van der Waals surface area contributed by atoms with E-state index in [0.717, 1.165) is 7.11 Å². The molecule has 1 nitrogen and oxygen atoms in total. The van der Waals surface area contributed by atoms with Crippen molar-refractivity contribution in [2.75, 3.05) is 7.11 Å². The summed E-state index contributed by atoms with van der Waals surface area (Å²) in [7, 11) is -4.42. The molecular weight excluding hydrogens is 525 g/mol. The summed E-state index contributed by atoms with van der Waals surface area (Å²) in [6.45, 7) is 15.5. The zero-order chi connectivity index (χ0) is 22.4. The predicted molar refractivity (Wildman–Crippen MR) is 142 cm³/mol. The molecule has 0 heterocycles. The number of hydrogen-bond donors (Lipinski definition) is 1. The molecular formula is C26H37CdOSi3-. The summed E-state index contributed by atoms with van der Waals surface area (Å²) >= 11 is 0. The fraction of sp³-hybridized carbons (Fsp3) is 0.269. The van der Waals surface area contributed by atoms with E-state index in [2.05, 4.69) is 130 Å². The van der Waals surface area contributed by atoms with Gasteiger partial charge >= 0.3 is 0 Å². The van der Waals surface area contributed by atoms with Gasteiger partial charge in [-0.05, 0) is 0 Å². The summed E-state index contributed by atoms with van der Waals surface area (Å²) in [6.07, 6.45) is 0. The van der Waals surface area contributed by atoms with Crippen LogP contribution < -0.4 is 15.6 Å². The summed E-state index contributed by atoms with van der Waals surface area (Å²) in [5.41, 5.74) is 0. The monoisotopic (exact) mass is 563 g/mol. The first-order valence-electron chi connectivity index (χ1n) is 10.7. The van der Waals surface area contributed by atoms with Gasteiger partial charge in [0.25, 0.3) is 0 Å². The molecule has 0 spiro atoms. The van der Waals surface area contributed by atoms with Crippen LogP contribution in [0.2, 0.25) is 39.3 Å². The van der Waals surface area contributed by atoms with E-state index >= 15 is 0 Å². The molecule has 1 N–H and O–H groups in total. The summed E-state index contributed by atoms with van der Waals surface area (Å²) < 4.78 is 0. The third-order valence-corrected chi connectivity index (χ3v) is 26.7. The quantitative estimate of drug-likeness (QED) is 0.344. The van der Waals surface area contributed by atoms with Gasteiger partial charge in [0.15, 0.2) is 0 Å². The van der Waals surface area contributed by atoms with Crippen molar-refractivity contribution in [2.45, 2.75) is 39.3 Å². The molecule has 5 heteroatoms. The third-order valence-electron chi connectivity index (χ3n) is 6.36. The van der Waals surface area contributed by atoms with Gasteiger partial charge in [0.2, 0.25) is 0 Å². The Balaban J connectivity index is 0.00000156. The fourth-order valence-electron chi connectivity index (χ4n) is 5.34. The zero-order valence-corrected chi connectivity index (χ0v) is 27.4. The molecule has 3 rings (SSSR count). The molecule has 3 aromatic rings. The van der Waals surface area contributed by atoms with Crippen LogP contribution >= 0.6 is 0 Å². The van der Waals surface area contributed by atoms with Crippen molar-refractivity contribution in [2.24, 2.45) is 0 Å². The predicted octanol–water partition coefficient (Wildman–Crippen LogP) is 4.63. The van der Waals surface area contributed by atoms with Crippen molar-refractivity contribution in [1.29, 1.82) is 0 Å². The Kier molecular flexibility index (Phi) is 10.8. The Bertz CT molecular complexity index is 775. The van der Waals surface area contributed by atoms with E-state index < -0.39 is 24.2 Å². The second-order valence-corrected chi connectivity index (χ2v) is 23.8. The molecule has 162 valence electrons. The largest absolute Gasteiger partial charge is 0.400 e. The van der Waals surface area contributed by atoms with E-state index in [-0.39, 0.29) is 27.3 Å². The Hall–Kier alpha value is -0.807. The molecule has 0 radical (unpaired) electrons. The second-order valence-electron chi connectivity index (χ2n) is 9.35. The van der Waals surface area contributed by atoms with E-state index in [1.54, 1.807) is 15.6 Å². The summed E-state index contributed by atoms with van der Waals surface area (Å²) in [5, 5.41) is 11.7. The Morgan fingerprint density at radius 1 is 0.452 bits per heavy atom. The normalized spacial score (nSPS) is 11.9. The van der Waals surface area contributed by atoms with Crippen LogP contribution in [0.5, 0.6) is 0 Å². The van der Waals surface area contributed by atoms with Crippen molar-refractivity contribution in [3.8, 4) is 0 Å². The summed E-state index contributed by atoms with van der Waals surface area (Å²) in [4.78, 5) is 1.94. The topological polar surface area (TPSA) is 20.2 Å². The summed E-state index contributed by atoms with van der Waals surface area (Å²) in [6, 6.07) is 34.0. The second kappa shape index (κ2) is 11.9. The zero-order valence-electron chi connectivity index (χ0n) is 20.3. The van der Waals surface area contributed by atoms with E-state index in [1.165, 1.54) is 0 Å². The van der Waals surface area contributed by atoms with Gasteiger partial charge in [-0.15, -0.1) is 0 Å². The first kappa shape index (κ1) is 28.2. The van der Waals surface area contributed by atoms with Gasteiger partial charge in [-0.1, -0.05) is 170 Å². The smallest absolute Gasteiger partial charge is 0.0319 e. The maximum atomic E-state index is 7.00. The molecule has 0 fully saturated rings. The minimum Gasteiger partial charge on any atom is -0.400 e. The molecule has 0 saturated heterocycles. The van der Waals surface area contributed by atoms with Crippen molar-refractivity contribution < 1.29 is 32.4 Å². The van der Waals surface area contributed by atoms with Gasteiger partial charge < -0.3 is 5.11 Å². The van der Waals surface area contributed by atoms with Gasteiger partial charge in [0.1, 0.15) is 0 Å². The minimum atomic E-state index is -1.81. The van der Waals surface area contributed by atoms with E-state index in [1.807, 2.05) is 4.79 Å². The van der Waals surface area contributed by atoms with Gasteiger partial charge in [0, 0.05) is 34.4 Å². The van der Waals surface area contributed by atoms with Crippen LogP contribution in [0.4, 0.5) is 0 Å². The van der Waals surface area contributed by atoms with Crippen LogP contribution in [-0.2, 0) is 27.3 Å². The van der Waals surface area contributed by atoms with Gasteiger partial charge in [-0.25, -0.2) is 0 Å². The molecule has 0 saturated carbocycles. The van der Waals surface area contributed by atoms with Crippen LogP contribution in [0.3, 0.4) is 0 Å². The van der Waals surface area contributed by atoms with Gasteiger partial charge in [-0.3, -0.25) is 4.79 Å². The number of rotatable bonds is 6. The van der Waals surface area contributed by atoms with Crippen LogP contribution in [0, 0.1) is 4.79 Å². The first-order chi connectivity index (χ1) is 14.2. The Labute approximate surface area is 213 Å². The Morgan fingerprint density at radius 2 is 0.645 bits per heavy atom. The number of hydrogen-bond acceptors (Lipinski definition) is 1. The molecule has 0 aliphatic heterocycles. The molecule has 0 aromatic heterocycles. The molecule has 0 amide bonds. The molecule has 31 heavy (non-hydrogen) atoms. The SMILES string of the molecule is CO.C[Si](C)(c1ccccc1)[C-]([Si](C)(C)c1ccccc1)[Si](C)(C)c1ccccc1.[Cd]. The van der Waals surface area contributed by atoms with Gasteiger partial charge in [0.05, 0.1) is 0 Å². The minimum absolute atomic E-state index is 0. The van der Waals surface area contributed by atoms with Crippen LogP contribution in [0.15, 0.2) is 91.0 Å². The number of aliphatic hydroxyl groups excluding tert-OH is 1. The van der Waals surface area contributed by atoms with Crippen molar-refractivity contribution >= 4 is 39.8 Å². The Morgan fingerprint density at radius 3 is 0.839 bits per heavy atom. The molecule has 3 aromatic carbocycles. The maximum absolute atomic E-state index is 7.00. The van der Waals surface area contributed by atoms with Crippen LogP contribution in [0.25, 0.3) is 0 Å². The average Bonchev–Trinajstić information content (AvgIpc) is 2.76. The average molecular weight is 562 g/mol. The van der Waals surface area contributed by atoms with Crippen molar-refractivity contribution in [3.63, 3.8) is 0 Å². The van der Waals surface area contributed by atoms with E-state index in [4.69, 9.17) is 5.11 Å². The number of benzene rings is 3. The molecule has 0 bridgehead atoms. The third kappa shape index (κ3) is 6.16. The van der Waals surface area contributed by atoms with Crippen molar-refractivity contribution in [3.05, 3.63) is 95.8 Å². The van der Waals surface area contributed by atoms with E-state index in [0.29, 0.717) is 0 Å². The van der Waals surface area contributed by atoms with E-state index in [9.17, 15) is 0 Å². The fourth-order valence-corrected chi connectivity index (χ4v) is 30.6. The van der Waals surface area contributed by atoms with Crippen molar-refractivity contribution in [1.82, 2.24) is 0 Å². The molecule has 0 aliphatic carbocycles. The maximum Gasteiger partial charge on any atom is 0.0319 e. The first-order valence-corrected chi connectivity index (χ1v) is 19.7. The van der Waals surface area contributed by atoms with Crippen LogP contribution in [-0.4, -0.2) is 36.4 Å². The summed E-state index contributed by atoms with van der Waals surface area (Å²) in [5.74, 6) is 0.